The lowest BCUT2D eigenvalue weighted by Gasteiger charge is -2.32. The maximum Gasteiger partial charge on any atom is 0.243 e. The van der Waals surface area contributed by atoms with Gasteiger partial charge < -0.3 is 10.0 Å². The molecule has 0 saturated carbocycles. The molecule has 0 amide bonds. The van der Waals surface area contributed by atoms with Crippen molar-refractivity contribution in [3.8, 4) is 5.75 Å². The summed E-state index contributed by atoms with van der Waals surface area (Å²) in [6, 6.07) is 17.1. The van der Waals surface area contributed by atoms with Gasteiger partial charge in [-0.25, -0.2) is 8.42 Å². The van der Waals surface area contributed by atoms with E-state index in [9.17, 15) is 13.5 Å². The van der Waals surface area contributed by atoms with E-state index in [1.807, 2.05) is 50.2 Å². The molecule has 29 heavy (non-hydrogen) atoms. The lowest BCUT2D eigenvalue weighted by atomic mass is 10.0. The van der Waals surface area contributed by atoms with Crippen molar-refractivity contribution in [2.45, 2.75) is 25.3 Å². The number of nitrogens with zero attached hydrogens (tertiary/aromatic N) is 1. The Morgan fingerprint density at radius 3 is 2.41 bits per heavy atom. The number of phenols is 1. The van der Waals surface area contributed by atoms with E-state index in [1.54, 1.807) is 22.5 Å². The normalized spacial score (nSPS) is 16.3. The summed E-state index contributed by atoms with van der Waals surface area (Å²) in [7, 11) is -3.47. The molecule has 2 N–H and O–H groups in total. The number of piperazine rings is 1. The van der Waals surface area contributed by atoms with Crippen LogP contribution in [0.15, 0.2) is 59.5 Å². The van der Waals surface area contributed by atoms with E-state index in [0.29, 0.717) is 43.4 Å². The minimum Gasteiger partial charge on any atom is -0.507 e. The van der Waals surface area contributed by atoms with Gasteiger partial charge in [-0.15, -0.1) is 0 Å². The lowest BCUT2D eigenvalue weighted by molar-refractivity contribution is -0.917. The van der Waals surface area contributed by atoms with Gasteiger partial charge in [0.1, 0.15) is 12.3 Å². The first-order valence-corrected chi connectivity index (χ1v) is 11.4. The quantitative estimate of drug-likeness (QED) is 0.692. The van der Waals surface area contributed by atoms with Crippen LogP contribution in [0.1, 0.15) is 16.7 Å². The second-order valence-electron chi connectivity index (χ2n) is 7.86. The van der Waals surface area contributed by atoms with E-state index in [-0.39, 0.29) is 0 Å². The van der Waals surface area contributed by atoms with E-state index in [2.05, 4.69) is 0 Å². The van der Waals surface area contributed by atoms with Gasteiger partial charge in [0.15, 0.2) is 0 Å². The fraction of sp³-hybridized carbons (Fsp3) is 0.304. The van der Waals surface area contributed by atoms with Crippen LogP contribution >= 0.6 is 0 Å². The van der Waals surface area contributed by atoms with Gasteiger partial charge in [0.2, 0.25) is 10.0 Å². The van der Waals surface area contributed by atoms with Gasteiger partial charge in [0.05, 0.1) is 36.6 Å². The van der Waals surface area contributed by atoms with Crippen LogP contribution in [-0.4, -0.2) is 44.0 Å². The molecule has 0 spiro atoms. The molecule has 152 valence electrons. The molecule has 0 radical (unpaired) electrons. The molecule has 4 rings (SSSR count). The van der Waals surface area contributed by atoms with E-state index in [1.165, 1.54) is 4.90 Å². The van der Waals surface area contributed by atoms with Crippen molar-refractivity contribution in [1.29, 1.82) is 0 Å². The average molecular weight is 412 g/mol. The first-order valence-electron chi connectivity index (χ1n) is 9.97. The second kappa shape index (κ2) is 7.78. The number of nitrogens with one attached hydrogen (secondary N) is 1. The second-order valence-corrected chi connectivity index (χ2v) is 9.80. The zero-order valence-corrected chi connectivity index (χ0v) is 17.7. The molecule has 1 aliphatic heterocycles. The molecule has 1 heterocycles. The van der Waals surface area contributed by atoms with E-state index in [4.69, 9.17) is 0 Å². The highest BCUT2D eigenvalue weighted by atomic mass is 32.2. The molecule has 1 saturated heterocycles. The summed E-state index contributed by atoms with van der Waals surface area (Å²) in [5, 5.41) is 12.6. The van der Waals surface area contributed by atoms with Gasteiger partial charge >= 0.3 is 0 Å². The van der Waals surface area contributed by atoms with Crippen molar-refractivity contribution in [1.82, 2.24) is 4.31 Å². The molecular formula is C23H27N2O3S+. The standard InChI is InChI=1S/C23H26N2O3S/c1-17-7-9-20(15-18(17)2)29(27,28)25-13-11-24(12-14-25)16-22-21-6-4-3-5-19(21)8-10-23(22)26/h3-10,15,26H,11-14,16H2,1-2H3/p+1. The fourth-order valence-corrected chi connectivity index (χ4v) is 5.53. The van der Waals surface area contributed by atoms with Crippen LogP contribution in [-0.2, 0) is 16.6 Å². The van der Waals surface area contributed by atoms with E-state index < -0.39 is 10.0 Å². The number of fused-ring (bicyclic) bond motifs is 1. The van der Waals surface area contributed by atoms with Crippen molar-refractivity contribution in [2.75, 3.05) is 26.2 Å². The highest BCUT2D eigenvalue weighted by molar-refractivity contribution is 7.89. The van der Waals surface area contributed by atoms with Crippen LogP contribution in [0.4, 0.5) is 0 Å². The molecule has 1 aliphatic rings. The highest BCUT2D eigenvalue weighted by Gasteiger charge is 2.31. The first kappa shape index (κ1) is 19.9. The Kier molecular flexibility index (Phi) is 5.34. The molecule has 3 aromatic carbocycles. The molecule has 5 nitrogen and oxygen atoms in total. The van der Waals surface area contributed by atoms with Crippen molar-refractivity contribution in [3.05, 3.63) is 71.3 Å². The number of hydrogen-bond acceptors (Lipinski definition) is 3. The SMILES string of the molecule is Cc1ccc(S(=O)(=O)N2CC[NH+](Cc3c(O)ccc4ccccc34)CC2)cc1C. The summed E-state index contributed by atoms with van der Waals surface area (Å²) >= 11 is 0. The van der Waals surface area contributed by atoms with Crippen LogP contribution in [0.2, 0.25) is 0 Å². The first-order chi connectivity index (χ1) is 13.9. The van der Waals surface area contributed by atoms with Gasteiger partial charge in [-0.3, -0.25) is 0 Å². The minimum absolute atomic E-state index is 0.307. The highest BCUT2D eigenvalue weighted by Crippen LogP contribution is 2.26. The number of quaternary nitrogens is 1. The predicted octanol–water partition coefficient (Wildman–Crippen LogP) is 2.25. The zero-order chi connectivity index (χ0) is 20.6. The van der Waals surface area contributed by atoms with Gasteiger partial charge in [-0.05, 0) is 53.9 Å². The molecular weight excluding hydrogens is 384 g/mol. The van der Waals surface area contributed by atoms with Gasteiger partial charge in [-0.1, -0.05) is 36.4 Å². The third-order valence-corrected chi connectivity index (χ3v) is 7.88. The molecule has 6 heteroatoms. The number of phenolic OH excluding ortho intramolecular Hbond substituents is 1. The summed E-state index contributed by atoms with van der Waals surface area (Å²) in [6.45, 7) is 7.00. The lowest BCUT2D eigenvalue weighted by Crippen LogP contribution is -3.13. The third kappa shape index (κ3) is 3.88. The average Bonchev–Trinajstić information content (AvgIpc) is 2.72. The Morgan fingerprint density at radius 1 is 0.966 bits per heavy atom. The van der Waals surface area contributed by atoms with Crippen LogP contribution in [0, 0.1) is 13.8 Å². The molecule has 0 atom stereocenters. The molecule has 1 fully saturated rings. The summed E-state index contributed by atoms with van der Waals surface area (Å²) in [6.07, 6.45) is 0. The van der Waals surface area contributed by atoms with Crippen molar-refractivity contribution in [2.24, 2.45) is 0 Å². The zero-order valence-electron chi connectivity index (χ0n) is 16.9. The van der Waals surface area contributed by atoms with Crippen molar-refractivity contribution < 1.29 is 18.4 Å². The van der Waals surface area contributed by atoms with Crippen LogP contribution in [0.3, 0.4) is 0 Å². The molecule has 0 bridgehead atoms. The Bertz CT molecular complexity index is 1150. The van der Waals surface area contributed by atoms with E-state index in [0.717, 1.165) is 27.5 Å². The third-order valence-electron chi connectivity index (χ3n) is 5.99. The minimum atomic E-state index is -3.47. The number of sulfonamides is 1. The monoisotopic (exact) mass is 411 g/mol. The summed E-state index contributed by atoms with van der Waals surface area (Å²) in [4.78, 5) is 1.65. The fourth-order valence-electron chi connectivity index (χ4n) is 4.00. The molecule has 0 unspecified atom stereocenters. The maximum atomic E-state index is 13.0. The number of hydrogen-bond donors (Lipinski definition) is 2. The van der Waals surface area contributed by atoms with Gasteiger partial charge in [0, 0.05) is 0 Å². The number of benzene rings is 3. The van der Waals surface area contributed by atoms with E-state index >= 15 is 0 Å². The van der Waals surface area contributed by atoms with Crippen LogP contribution in [0.5, 0.6) is 5.75 Å². The van der Waals surface area contributed by atoms with Crippen molar-refractivity contribution in [3.63, 3.8) is 0 Å². The Morgan fingerprint density at radius 2 is 1.69 bits per heavy atom. The number of rotatable bonds is 4. The summed E-state index contributed by atoms with van der Waals surface area (Å²) in [5.74, 6) is 0.307. The van der Waals surface area contributed by atoms with Gasteiger partial charge in [-0.2, -0.15) is 4.31 Å². The summed E-state index contributed by atoms with van der Waals surface area (Å²) < 4.78 is 27.6. The molecule has 0 aliphatic carbocycles. The smallest absolute Gasteiger partial charge is 0.243 e. The predicted molar refractivity (Wildman–Crippen MR) is 115 cm³/mol. The molecule has 3 aromatic rings. The number of aromatic hydroxyl groups is 1. The maximum absolute atomic E-state index is 13.0. The summed E-state index contributed by atoms with van der Waals surface area (Å²) in [5.41, 5.74) is 3.01. The Hall–Kier alpha value is -2.41. The van der Waals surface area contributed by atoms with Crippen LogP contribution in [0.25, 0.3) is 10.8 Å². The van der Waals surface area contributed by atoms with Crippen molar-refractivity contribution >= 4 is 20.8 Å². The van der Waals surface area contributed by atoms with Crippen LogP contribution < -0.4 is 4.90 Å². The Balaban J connectivity index is 1.49. The van der Waals surface area contributed by atoms with Gasteiger partial charge in [0.25, 0.3) is 0 Å². The Labute approximate surface area is 172 Å². The molecule has 0 aromatic heterocycles. The topological polar surface area (TPSA) is 62.0 Å². The number of aryl methyl sites for hydroxylation is 2. The largest absolute Gasteiger partial charge is 0.507 e.